The van der Waals surface area contributed by atoms with E-state index in [0.29, 0.717) is 5.92 Å². The molecule has 0 amide bonds. The van der Waals surface area contributed by atoms with Gasteiger partial charge in [0.05, 0.1) is 13.2 Å². The van der Waals surface area contributed by atoms with Gasteiger partial charge in [-0.2, -0.15) is 0 Å². The van der Waals surface area contributed by atoms with E-state index < -0.39 is 0 Å². The Balaban J connectivity index is 2.19. The van der Waals surface area contributed by atoms with Crippen LogP contribution in [-0.4, -0.2) is 31.2 Å². The van der Waals surface area contributed by atoms with E-state index >= 15 is 0 Å². The van der Waals surface area contributed by atoms with E-state index in [2.05, 4.69) is 6.92 Å². The molecule has 3 heteroatoms. The Hall–Kier alpha value is -0.120. The van der Waals surface area contributed by atoms with Gasteiger partial charge in [0.25, 0.3) is 0 Å². The summed E-state index contributed by atoms with van der Waals surface area (Å²) in [7, 11) is 0. The monoisotopic (exact) mass is 188 g/mol. The standard InChI is InChI=1S/C10H20O3/c1-2-3-9(4-5-11)8-10-12-6-7-13-10/h9-11H,2-8H2,1H3. The lowest BCUT2D eigenvalue weighted by Crippen LogP contribution is -2.15. The quantitative estimate of drug-likeness (QED) is 0.687. The Morgan fingerprint density at radius 2 is 2.00 bits per heavy atom. The Morgan fingerprint density at radius 1 is 1.31 bits per heavy atom. The molecule has 0 aromatic heterocycles. The maximum Gasteiger partial charge on any atom is 0.158 e. The van der Waals surface area contributed by atoms with Crippen LogP contribution in [0.5, 0.6) is 0 Å². The highest BCUT2D eigenvalue weighted by atomic mass is 16.7. The first-order chi connectivity index (χ1) is 6.36. The third-order valence-corrected chi connectivity index (χ3v) is 2.45. The minimum Gasteiger partial charge on any atom is -0.396 e. The number of ether oxygens (including phenoxy) is 2. The highest BCUT2D eigenvalue weighted by Gasteiger charge is 2.20. The van der Waals surface area contributed by atoms with E-state index in [1.165, 1.54) is 0 Å². The molecule has 3 nitrogen and oxygen atoms in total. The van der Waals surface area contributed by atoms with Crippen LogP contribution in [-0.2, 0) is 9.47 Å². The van der Waals surface area contributed by atoms with E-state index in [4.69, 9.17) is 14.6 Å². The minimum atomic E-state index is -0.0110. The van der Waals surface area contributed by atoms with Crippen LogP contribution in [0.1, 0.15) is 32.6 Å². The molecule has 78 valence electrons. The van der Waals surface area contributed by atoms with Gasteiger partial charge < -0.3 is 14.6 Å². The molecule has 1 aliphatic rings. The Labute approximate surface area is 80.0 Å². The smallest absolute Gasteiger partial charge is 0.158 e. The number of rotatable bonds is 6. The second kappa shape index (κ2) is 6.35. The average Bonchev–Trinajstić information content (AvgIpc) is 2.58. The minimum absolute atomic E-state index is 0.0110. The van der Waals surface area contributed by atoms with Crippen molar-refractivity contribution in [2.24, 2.45) is 5.92 Å². The highest BCUT2D eigenvalue weighted by molar-refractivity contribution is 4.63. The van der Waals surface area contributed by atoms with Gasteiger partial charge in [-0.25, -0.2) is 0 Å². The topological polar surface area (TPSA) is 38.7 Å². The van der Waals surface area contributed by atoms with E-state index in [9.17, 15) is 0 Å². The third-order valence-electron chi connectivity index (χ3n) is 2.45. The van der Waals surface area contributed by atoms with Crippen molar-refractivity contribution in [1.29, 1.82) is 0 Å². The molecule has 1 rings (SSSR count). The van der Waals surface area contributed by atoms with Crippen molar-refractivity contribution in [2.75, 3.05) is 19.8 Å². The maximum atomic E-state index is 8.86. The second-order valence-corrected chi connectivity index (χ2v) is 3.57. The molecule has 1 unspecified atom stereocenters. The lowest BCUT2D eigenvalue weighted by atomic mass is 9.96. The molecule has 1 N–H and O–H groups in total. The van der Waals surface area contributed by atoms with Gasteiger partial charge in [-0.05, 0) is 12.3 Å². The van der Waals surface area contributed by atoms with Crippen molar-refractivity contribution in [2.45, 2.75) is 38.9 Å². The van der Waals surface area contributed by atoms with Gasteiger partial charge in [0.2, 0.25) is 0 Å². The van der Waals surface area contributed by atoms with Crippen molar-refractivity contribution in [3.05, 3.63) is 0 Å². The van der Waals surface area contributed by atoms with E-state index in [1.54, 1.807) is 0 Å². The average molecular weight is 188 g/mol. The Morgan fingerprint density at radius 3 is 2.54 bits per heavy atom. The molecular weight excluding hydrogens is 168 g/mol. The fourth-order valence-corrected chi connectivity index (χ4v) is 1.79. The van der Waals surface area contributed by atoms with Crippen molar-refractivity contribution in [3.63, 3.8) is 0 Å². The molecule has 1 fully saturated rings. The van der Waals surface area contributed by atoms with Gasteiger partial charge in [-0.15, -0.1) is 0 Å². The molecule has 1 heterocycles. The highest BCUT2D eigenvalue weighted by Crippen LogP contribution is 2.21. The summed E-state index contributed by atoms with van der Waals surface area (Å²) < 4.78 is 10.7. The lowest BCUT2D eigenvalue weighted by Gasteiger charge is -2.18. The van der Waals surface area contributed by atoms with Crippen LogP contribution < -0.4 is 0 Å². The summed E-state index contributed by atoms with van der Waals surface area (Å²) in [5, 5.41) is 8.86. The molecule has 0 bridgehead atoms. The summed E-state index contributed by atoms with van der Waals surface area (Å²) in [6, 6.07) is 0. The molecule has 0 saturated carbocycles. The van der Waals surface area contributed by atoms with E-state index in [1.807, 2.05) is 0 Å². The van der Waals surface area contributed by atoms with Crippen molar-refractivity contribution in [1.82, 2.24) is 0 Å². The number of aliphatic hydroxyl groups is 1. The summed E-state index contributed by atoms with van der Waals surface area (Å²) in [6.07, 6.45) is 4.12. The first-order valence-corrected chi connectivity index (χ1v) is 5.21. The zero-order chi connectivity index (χ0) is 9.52. The SMILES string of the molecule is CCCC(CCO)CC1OCCO1. The zero-order valence-electron chi connectivity index (χ0n) is 8.37. The van der Waals surface area contributed by atoms with E-state index in [0.717, 1.165) is 38.9 Å². The molecule has 0 aromatic rings. The zero-order valence-corrected chi connectivity index (χ0v) is 8.37. The summed E-state index contributed by atoms with van der Waals surface area (Å²) in [6.45, 7) is 3.89. The first kappa shape index (κ1) is 11.0. The van der Waals surface area contributed by atoms with Gasteiger partial charge in [-0.3, -0.25) is 0 Å². The Bertz CT molecular complexity index is 115. The predicted octanol–water partition coefficient (Wildman–Crippen LogP) is 1.55. The molecule has 0 radical (unpaired) electrons. The molecule has 1 aliphatic heterocycles. The summed E-state index contributed by atoms with van der Waals surface area (Å²) in [5.41, 5.74) is 0. The predicted molar refractivity (Wildman–Crippen MR) is 50.4 cm³/mol. The van der Waals surface area contributed by atoms with Crippen LogP contribution in [0.15, 0.2) is 0 Å². The fraction of sp³-hybridized carbons (Fsp3) is 1.00. The molecule has 0 aromatic carbocycles. The Kier molecular flexibility index (Phi) is 5.35. The van der Waals surface area contributed by atoms with Crippen LogP contribution >= 0.6 is 0 Å². The number of aliphatic hydroxyl groups excluding tert-OH is 1. The van der Waals surface area contributed by atoms with E-state index in [-0.39, 0.29) is 12.9 Å². The summed E-state index contributed by atoms with van der Waals surface area (Å²) in [4.78, 5) is 0. The third kappa shape index (κ3) is 4.07. The first-order valence-electron chi connectivity index (χ1n) is 5.21. The summed E-state index contributed by atoms with van der Waals surface area (Å²) in [5.74, 6) is 0.554. The number of hydrogen-bond acceptors (Lipinski definition) is 3. The van der Waals surface area contributed by atoms with Crippen molar-refractivity contribution in [3.8, 4) is 0 Å². The maximum absolute atomic E-state index is 8.86. The summed E-state index contributed by atoms with van der Waals surface area (Å²) >= 11 is 0. The number of hydrogen-bond donors (Lipinski definition) is 1. The van der Waals surface area contributed by atoms with Crippen molar-refractivity contribution >= 4 is 0 Å². The normalized spacial score (nSPS) is 20.8. The van der Waals surface area contributed by atoms with Gasteiger partial charge in [-0.1, -0.05) is 19.8 Å². The van der Waals surface area contributed by atoms with Crippen LogP contribution in [0.2, 0.25) is 0 Å². The molecule has 0 spiro atoms. The molecular formula is C10H20O3. The van der Waals surface area contributed by atoms with Crippen LogP contribution in [0, 0.1) is 5.92 Å². The van der Waals surface area contributed by atoms with Crippen LogP contribution in [0.4, 0.5) is 0 Å². The van der Waals surface area contributed by atoms with Crippen LogP contribution in [0.3, 0.4) is 0 Å². The van der Waals surface area contributed by atoms with Gasteiger partial charge >= 0.3 is 0 Å². The van der Waals surface area contributed by atoms with Crippen molar-refractivity contribution < 1.29 is 14.6 Å². The van der Waals surface area contributed by atoms with Gasteiger partial charge in [0.1, 0.15) is 0 Å². The fourth-order valence-electron chi connectivity index (χ4n) is 1.79. The second-order valence-electron chi connectivity index (χ2n) is 3.57. The largest absolute Gasteiger partial charge is 0.396 e. The van der Waals surface area contributed by atoms with Gasteiger partial charge in [0.15, 0.2) is 6.29 Å². The molecule has 13 heavy (non-hydrogen) atoms. The molecule has 1 saturated heterocycles. The molecule has 0 aliphatic carbocycles. The van der Waals surface area contributed by atoms with Crippen LogP contribution in [0.25, 0.3) is 0 Å². The van der Waals surface area contributed by atoms with Gasteiger partial charge in [0, 0.05) is 13.0 Å². The molecule has 1 atom stereocenters. The lowest BCUT2D eigenvalue weighted by molar-refractivity contribution is -0.0591.